The van der Waals surface area contributed by atoms with Crippen molar-refractivity contribution in [2.45, 2.75) is 38.2 Å². The largest absolute Gasteiger partial charge is 0.380 e. The molecular weight excluding hydrogens is 433 g/mol. The molecule has 3 rings (SSSR count). The number of unbranched alkanes of at least 4 members (excludes halogenated alkanes) is 1. The molecule has 0 spiro atoms. The van der Waals surface area contributed by atoms with Gasteiger partial charge in [0, 0.05) is 52.3 Å². The van der Waals surface area contributed by atoms with Gasteiger partial charge < -0.3 is 19.4 Å². The molecule has 0 aromatic heterocycles. The Bertz CT molecular complexity index is 820. The van der Waals surface area contributed by atoms with E-state index >= 15 is 0 Å². The predicted octanol–water partition coefficient (Wildman–Crippen LogP) is 3.44. The van der Waals surface area contributed by atoms with Crippen LogP contribution in [0.1, 0.15) is 37.7 Å². The van der Waals surface area contributed by atoms with E-state index in [0.717, 1.165) is 45.4 Å². The summed E-state index contributed by atoms with van der Waals surface area (Å²) < 4.78 is 18.7. The number of rotatable bonds is 8. The molecule has 2 amide bonds. The molecule has 1 aromatic carbocycles. The lowest BCUT2D eigenvalue weighted by atomic mass is 10.1. The van der Waals surface area contributed by atoms with Crippen LogP contribution < -0.4 is 0 Å². The van der Waals surface area contributed by atoms with Gasteiger partial charge in [-0.15, -0.1) is 0 Å². The van der Waals surface area contributed by atoms with Crippen LogP contribution in [0.5, 0.6) is 0 Å². The van der Waals surface area contributed by atoms with E-state index in [2.05, 4.69) is 4.90 Å². The molecule has 176 valence electrons. The van der Waals surface area contributed by atoms with E-state index < -0.39 is 5.82 Å². The number of amides is 2. The van der Waals surface area contributed by atoms with E-state index in [4.69, 9.17) is 16.3 Å². The minimum atomic E-state index is -0.489. The fraction of sp³-hybridized carbons (Fsp3) is 0.583. The SMILES string of the molecule is COC1CCCN(CCCCN2CCN(C(=O)/C=C/c3ccc(F)c(Cl)c3)CCC2=O)C1. The lowest BCUT2D eigenvalue weighted by Gasteiger charge is -2.32. The Balaban J connectivity index is 1.41. The molecule has 2 fully saturated rings. The van der Waals surface area contributed by atoms with Gasteiger partial charge in [0.05, 0.1) is 11.1 Å². The molecule has 0 radical (unpaired) electrons. The Morgan fingerprint density at radius 2 is 2.03 bits per heavy atom. The Hall–Kier alpha value is -1.96. The molecule has 0 N–H and O–H groups in total. The number of carbonyl (C=O) groups is 2. The quantitative estimate of drug-likeness (QED) is 0.436. The lowest BCUT2D eigenvalue weighted by Crippen LogP contribution is -2.40. The van der Waals surface area contributed by atoms with Crippen LogP contribution in [0.3, 0.4) is 0 Å². The fourth-order valence-electron chi connectivity index (χ4n) is 4.26. The number of halogens is 2. The highest BCUT2D eigenvalue weighted by molar-refractivity contribution is 6.30. The van der Waals surface area contributed by atoms with Gasteiger partial charge in [-0.1, -0.05) is 17.7 Å². The molecule has 0 aliphatic carbocycles. The van der Waals surface area contributed by atoms with Crippen molar-refractivity contribution >= 4 is 29.5 Å². The van der Waals surface area contributed by atoms with Crippen LogP contribution >= 0.6 is 11.6 Å². The van der Waals surface area contributed by atoms with Crippen LogP contribution in [-0.4, -0.2) is 85.5 Å². The molecule has 2 aliphatic rings. The maximum absolute atomic E-state index is 13.3. The summed E-state index contributed by atoms with van der Waals surface area (Å²) in [7, 11) is 1.78. The average Bonchev–Trinajstić information content (AvgIpc) is 2.99. The first-order valence-corrected chi connectivity index (χ1v) is 11.8. The second-order valence-corrected chi connectivity index (χ2v) is 8.88. The molecule has 8 heteroatoms. The maximum atomic E-state index is 13.3. The van der Waals surface area contributed by atoms with Gasteiger partial charge in [-0.25, -0.2) is 4.39 Å². The molecular formula is C24H33ClFN3O3. The maximum Gasteiger partial charge on any atom is 0.246 e. The molecule has 6 nitrogen and oxygen atoms in total. The van der Waals surface area contributed by atoms with Gasteiger partial charge in [-0.05, 0) is 62.5 Å². The number of carbonyl (C=O) groups excluding carboxylic acids is 2. The molecule has 1 aromatic rings. The van der Waals surface area contributed by atoms with Gasteiger partial charge in [0.25, 0.3) is 0 Å². The molecule has 2 aliphatic heterocycles. The number of likely N-dealkylation sites (tertiary alicyclic amines) is 1. The summed E-state index contributed by atoms with van der Waals surface area (Å²) in [5.41, 5.74) is 0.655. The molecule has 0 bridgehead atoms. The third-order valence-electron chi connectivity index (χ3n) is 6.21. The summed E-state index contributed by atoms with van der Waals surface area (Å²) in [5.74, 6) is -0.540. The number of nitrogens with zero attached hydrogens (tertiary/aromatic N) is 3. The summed E-state index contributed by atoms with van der Waals surface area (Å²) in [5, 5.41) is 0.0226. The highest BCUT2D eigenvalue weighted by atomic mass is 35.5. The topological polar surface area (TPSA) is 53.1 Å². The van der Waals surface area contributed by atoms with E-state index in [1.54, 1.807) is 24.2 Å². The van der Waals surface area contributed by atoms with Gasteiger partial charge >= 0.3 is 0 Å². The van der Waals surface area contributed by atoms with Crippen LogP contribution in [0.25, 0.3) is 6.08 Å². The minimum Gasteiger partial charge on any atom is -0.380 e. The second kappa shape index (κ2) is 12.3. The van der Waals surface area contributed by atoms with Gasteiger partial charge in [-0.2, -0.15) is 0 Å². The van der Waals surface area contributed by atoms with Crippen LogP contribution in [0.15, 0.2) is 24.3 Å². The van der Waals surface area contributed by atoms with Crippen LogP contribution in [-0.2, 0) is 14.3 Å². The van der Waals surface area contributed by atoms with Crippen LogP contribution in [0.4, 0.5) is 4.39 Å². The Kier molecular flexibility index (Phi) is 9.51. The van der Waals surface area contributed by atoms with Gasteiger partial charge in [0.2, 0.25) is 11.8 Å². The van der Waals surface area contributed by atoms with Crippen molar-refractivity contribution in [3.8, 4) is 0 Å². The van der Waals surface area contributed by atoms with Crippen molar-refractivity contribution in [3.05, 3.63) is 40.7 Å². The van der Waals surface area contributed by atoms with Crippen molar-refractivity contribution in [3.63, 3.8) is 0 Å². The lowest BCUT2D eigenvalue weighted by molar-refractivity contribution is -0.130. The zero-order valence-electron chi connectivity index (χ0n) is 18.8. The molecule has 2 heterocycles. The van der Waals surface area contributed by atoms with E-state index in [1.165, 1.54) is 24.6 Å². The number of methoxy groups -OCH3 is 1. The number of piperidine rings is 1. The zero-order valence-corrected chi connectivity index (χ0v) is 19.5. The number of ether oxygens (including phenoxy) is 1. The van der Waals surface area contributed by atoms with Gasteiger partial charge in [0.15, 0.2) is 0 Å². The molecule has 2 saturated heterocycles. The zero-order chi connectivity index (χ0) is 22.9. The Morgan fingerprint density at radius 1 is 1.22 bits per heavy atom. The minimum absolute atomic E-state index is 0.0226. The first kappa shape index (κ1) is 24.7. The highest BCUT2D eigenvalue weighted by Gasteiger charge is 2.23. The molecule has 0 saturated carbocycles. The van der Waals surface area contributed by atoms with E-state index in [-0.39, 0.29) is 16.8 Å². The smallest absolute Gasteiger partial charge is 0.246 e. The number of hydrogen-bond acceptors (Lipinski definition) is 4. The highest BCUT2D eigenvalue weighted by Crippen LogP contribution is 2.17. The van der Waals surface area contributed by atoms with Gasteiger partial charge in [0.1, 0.15) is 5.82 Å². The summed E-state index contributed by atoms with van der Waals surface area (Å²) in [6.45, 7) is 5.36. The molecule has 1 unspecified atom stereocenters. The summed E-state index contributed by atoms with van der Waals surface area (Å²) in [6.07, 6.45) is 8.07. The Morgan fingerprint density at radius 3 is 2.81 bits per heavy atom. The van der Waals surface area contributed by atoms with E-state index in [1.807, 2.05) is 4.90 Å². The Labute approximate surface area is 194 Å². The van der Waals surface area contributed by atoms with Gasteiger partial charge in [-0.3, -0.25) is 9.59 Å². The normalized spacial score (nSPS) is 20.7. The van der Waals surface area contributed by atoms with Crippen molar-refractivity contribution in [1.29, 1.82) is 0 Å². The van der Waals surface area contributed by atoms with Crippen molar-refractivity contribution < 1.29 is 18.7 Å². The van der Waals surface area contributed by atoms with Crippen molar-refractivity contribution in [2.24, 2.45) is 0 Å². The third kappa shape index (κ3) is 7.29. The standard InChI is InChI=1S/C24H33ClFN3O3/c1-32-20-5-4-12-27(18-20)11-2-3-13-28-15-16-29(14-10-24(28)31)23(30)9-7-19-6-8-22(26)21(25)17-19/h6-9,17,20H,2-5,10-16,18H2,1H3/b9-7+. The predicted molar refractivity (Wildman–Crippen MR) is 124 cm³/mol. The molecule has 32 heavy (non-hydrogen) atoms. The second-order valence-electron chi connectivity index (χ2n) is 8.47. The monoisotopic (exact) mass is 465 g/mol. The molecule has 1 atom stereocenters. The van der Waals surface area contributed by atoms with Crippen molar-refractivity contribution in [2.75, 3.05) is 52.9 Å². The van der Waals surface area contributed by atoms with Crippen LogP contribution in [0.2, 0.25) is 5.02 Å². The van der Waals surface area contributed by atoms with Crippen LogP contribution in [0, 0.1) is 5.82 Å². The summed E-state index contributed by atoms with van der Waals surface area (Å²) in [4.78, 5) is 31.1. The summed E-state index contributed by atoms with van der Waals surface area (Å²) in [6, 6.07) is 4.32. The first-order valence-electron chi connectivity index (χ1n) is 11.4. The van der Waals surface area contributed by atoms with E-state index in [0.29, 0.717) is 37.7 Å². The van der Waals surface area contributed by atoms with E-state index in [9.17, 15) is 14.0 Å². The average molecular weight is 466 g/mol. The van der Waals surface area contributed by atoms with Crippen molar-refractivity contribution in [1.82, 2.24) is 14.7 Å². The number of hydrogen-bond donors (Lipinski definition) is 0. The fourth-order valence-corrected chi connectivity index (χ4v) is 4.45. The summed E-state index contributed by atoms with van der Waals surface area (Å²) >= 11 is 5.79. The first-order chi connectivity index (χ1) is 15.5. The third-order valence-corrected chi connectivity index (χ3v) is 6.50. The number of benzene rings is 1.